The van der Waals surface area contributed by atoms with Crippen molar-refractivity contribution in [2.45, 2.75) is 39.8 Å². The van der Waals surface area contributed by atoms with Gasteiger partial charge >= 0.3 is 11.9 Å². The molecule has 0 aromatic carbocycles. The second-order valence-corrected chi connectivity index (χ2v) is 4.22. The summed E-state index contributed by atoms with van der Waals surface area (Å²) in [5.41, 5.74) is 10.3. The minimum absolute atomic E-state index is 0. The van der Waals surface area contributed by atoms with Crippen molar-refractivity contribution in [3.8, 4) is 0 Å². The molecular weight excluding hydrogens is 278 g/mol. The summed E-state index contributed by atoms with van der Waals surface area (Å²) in [4.78, 5) is 20.0. The zero-order valence-electron chi connectivity index (χ0n) is 10.9. The number of nitrogens with two attached hydrogens (primary N) is 2. The van der Waals surface area contributed by atoms with E-state index in [1.165, 1.54) is 0 Å². The van der Waals surface area contributed by atoms with E-state index in [1.54, 1.807) is 27.7 Å². The largest absolute Gasteiger partial charge is 0.480 e. The van der Waals surface area contributed by atoms with Gasteiger partial charge in [-0.2, -0.15) is 0 Å². The van der Waals surface area contributed by atoms with E-state index < -0.39 is 24.0 Å². The van der Waals surface area contributed by atoms with E-state index in [0.717, 1.165) is 0 Å². The van der Waals surface area contributed by atoms with Crippen LogP contribution in [0.1, 0.15) is 27.7 Å². The first kappa shape index (κ1) is 21.7. The Hall–Kier alpha value is -0.517. The summed E-state index contributed by atoms with van der Waals surface area (Å²) in [6, 6.07) is -1.43. The quantitative estimate of drug-likeness (QED) is 0.546. The average Bonchev–Trinajstić information content (AvgIpc) is 2.15. The van der Waals surface area contributed by atoms with E-state index in [2.05, 4.69) is 0 Å². The van der Waals surface area contributed by atoms with Gasteiger partial charge in [0.25, 0.3) is 0 Å². The molecule has 0 bridgehead atoms. The van der Waals surface area contributed by atoms with Crippen LogP contribution in [0.3, 0.4) is 0 Å². The Bertz CT molecular complexity index is 210. The molecule has 6 nitrogen and oxygen atoms in total. The fraction of sp³-hybridized carbons (Fsp3) is 0.800. The van der Waals surface area contributed by atoms with Crippen LogP contribution in [-0.4, -0.2) is 34.2 Å². The van der Waals surface area contributed by atoms with Crippen LogP contribution in [0.2, 0.25) is 0 Å². The molecule has 0 aliphatic heterocycles. The van der Waals surface area contributed by atoms with Crippen LogP contribution in [-0.2, 0) is 29.1 Å². The Morgan fingerprint density at radius 2 is 1.00 bits per heavy atom. The maximum absolute atomic E-state index is 10.0. The zero-order valence-corrected chi connectivity index (χ0v) is 13.8. The van der Waals surface area contributed by atoms with E-state index in [1.807, 2.05) is 0 Å². The summed E-state index contributed by atoms with van der Waals surface area (Å²) in [7, 11) is 0. The van der Waals surface area contributed by atoms with Crippen molar-refractivity contribution < 1.29 is 39.3 Å². The molecule has 98 valence electrons. The van der Waals surface area contributed by atoms with Crippen molar-refractivity contribution in [2.24, 2.45) is 23.3 Å². The van der Waals surface area contributed by atoms with Crippen LogP contribution in [0.4, 0.5) is 0 Å². The van der Waals surface area contributed by atoms with Crippen LogP contribution in [0.15, 0.2) is 0 Å². The van der Waals surface area contributed by atoms with E-state index in [4.69, 9.17) is 21.7 Å². The molecule has 0 unspecified atom stereocenters. The molecule has 0 heterocycles. The summed E-state index contributed by atoms with van der Waals surface area (Å²) in [5.74, 6) is -1.82. The van der Waals surface area contributed by atoms with Crippen LogP contribution in [0, 0.1) is 11.8 Å². The second kappa shape index (κ2) is 10.6. The van der Waals surface area contributed by atoms with Gasteiger partial charge in [0, 0.05) is 19.5 Å². The predicted octanol–water partition coefficient (Wildman–Crippen LogP) is 0.106. The van der Waals surface area contributed by atoms with Crippen LogP contribution >= 0.6 is 0 Å². The third kappa shape index (κ3) is 11.7. The standard InChI is InChI=1S/2C5H11NO2.Zn/c2*1-3(2)4(6)5(7)8;/h2*3-4H,6H2,1-2H3,(H,7,8);/t2*4-;/m00./s1. The van der Waals surface area contributed by atoms with Gasteiger partial charge in [0.15, 0.2) is 0 Å². The molecule has 0 amide bonds. The first-order chi connectivity index (χ1) is 7.11. The second-order valence-electron chi connectivity index (χ2n) is 4.22. The Morgan fingerprint density at radius 1 is 0.824 bits per heavy atom. The number of hydrogen-bond acceptors (Lipinski definition) is 4. The third-order valence-corrected chi connectivity index (χ3v) is 2.01. The molecule has 0 aromatic heterocycles. The van der Waals surface area contributed by atoms with Crippen LogP contribution < -0.4 is 11.5 Å². The maximum Gasteiger partial charge on any atom is 0.320 e. The first-order valence-corrected chi connectivity index (χ1v) is 5.08. The molecule has 0 radical (unpaired) electrons. The van der Waals surface area contributed by atoms with Crippen molar-refractivity contribution >= 4 is 11.9 Å². The van der Waals surface area contributed by atoms with Gasteiger partial charge in [-0.1, -0.05) is 27.7 Å². The minimum Gasteiger partial charge on any atom is -0.480 e. The summed E-state index contributed by atoms with van der Waals surface area (Å²) >= 11 is 0. The van der Waals surface area contributed by atoms with E-state index >= 15 is 0 Å². The molecule has 0 fully saturated rings. The Kier molecular flexibility index (Phi) is 13.6. The van der Waals surface area contributed by atoms with Crippen molar-refractivity contribution in [3.05, 3.63) is 0 Å². The number of aliphatic carboxylic acids is 2. The molecule has 0 saturated heterocycles. The SMILES string of the molecule is CC(C)[C@H](N)C(=O)O.CC(C)[C@H](N)C(=O)O.[Zn]. The van der Waals surface area contributed by atoms with E-state index in [9.17, 15) is 9.59 Å². The summed E-state index contributed by atoms with van der Waals surface area (Å²) in [6.07, 6.45) is 0. The maximum atomic E-state index is 10.0. The monoisotopic (exact) mass is 298 g/mol. The van der Waals surface area contributed by atoms with Crippen molar-refractivity contribution in [2.75, 3.05) is 0 Å². The normalized spacial score (nSPS) is 13.2. The molecule has 0 rings (SSSR count). The summed E-state index contributed by atoms with van der Waals surface area (Å²) in [6.45, 7) is 7.11. The first-order valence-electron chi connectivity index (χ1n) is 5.08. The van der Waals surface area contributed by atoms with Gasteiger partial charge in [0.2, 0.25) is 0 Å². The summed E-state index contributed by atoms with van der Waals surface area (Å²) < 4.78 is 0. The molecule has 0 aliphatic carbocycles. The fourth-order valence-electron chi connectivity index (χ4n) is 0.570. The molecule has 0 aliphatic rings. The third-order valence-electron chi connectivity index (χ3n) is 2.01. The number of carboxylic acid groups (broad SMARTS) is 2. The van der Waals surface area contributed by atoms with Gasteiger partial charge in [-0.05, 0) is 11.8 Å². The topological polar surface area (TPSA) is 127 Å². The van der Waals surface area contributed by atoms with Gasteiger partial charge in [-0.25, -0.2) is 0 Å². The van der Waals surface area contributed by atoms with Crippen molar-refractivity contribution in [3.63, 3.8) is 0 Å². The number of carboxylic acids is 2. The van der Waals surface area contributed by atoms with Gasteiger partial charge in [-0.15, -0.1) is 0 Å². The Morgan fingerprint density at radius 3 is 1.00 bits per heavy atom. The number of carbonyl (C=O) groups is 2. The van der Waals surface area contributed by atoms with E-state index in [-0.39, 0.29) is 31.3 Å². The van der Waals surface area contributed by atoms with Gasteiger partial charge in [-0.3, -0.25) is 9.59 Å². The number of rotatable bonds is 4. The minimum atomic E-state index is -0.931. The van der Waals surface area contributed by atoms with Crippen molar-refractivity contribution in [1.82, 2.24) is 0 Å². The fourth-order valence-corrected chi connectivity index (χ4v) is 0.570. The van der Waals surface area contributed by atoms with Gasteiger partial charge < -0.3 is 21.7 Å². The van der Waals surface area contributed by atoms with E-state index in [0.29, 0.717) is 0 Å². The van der Waals surface area contributed by atoms with Crippen LogP contribution in [0.25, 0.3) is 0 Å². The molecule has 0 saturated carbocycles. The van der Waals surface area contributed by atoms with Crippen LogP contribution in [0.5, 0.6) is 0 Å². The molecule has 2 atom stereocenters. The molecule has 6 N–H and O–H groups in total. The molecule has 7 heteroatoms. The Labute approximate surface area is 115 Å². The van der Waals surface area contributed by atoms with Gasteiger partial charge in [0.05, 0.1) is 0 Å². The molecule has 0 aromatic rings. The molecule has 17 heavy (non-hydrogen) atoms. The van der Waals surface area contributed by atoms with Gasteiger partial charge in [0.1, 0.15) is 12.1 Å². The smallest absolute Gasteiger partial charge is 0.320 e. The zero-order chi connectivity index (χ0) is 13.5. The number of hydrogen-bond donors (Lipinski definition) is 4. The predicted molar refractivity (Wildman–Crippen MR) is 60.9 cm³/mol. The average molecular weight is 300 g/mol. The summed E-state index contributed by atoms with van der Waals surface area (Å²) in [5, 5.41) is 16.5. The van der Waals surface area contributed by atoms with Crippen molar-refractivity contribution in [1.29, 1.82) is 0 Å². The molecule has 0 spiro atoms. The Balaban J connectivity index is -0.000000218. The molecular formula is C10H22N2O4Zn.